The first kappa shape index (κ1) is 21.7. The lowest BCUT2D eigenvalue weighted by molar-refractivity contribution is 0.102. The molecule has 0 unspecified atom stereocenters. The second kappa shape index (κ2) is 9.30. The van der Waals surface area contributed by atoms with Gasteiger partial charge in [0.2, 0.25) is 0 Å². The molecule has 32 heavy (non-hydrogen) atoms. The number of hydrogen-bond acceptors (Lipinski definition) is 6. The fourth-order valence-electron chi connectivity index (χ4n) is 3.83. The Balaban J connectivity index is 1.52. The van der Waals surface area contributed by atoms with E-state index in [2.05, 4.69) is 15.4 Å². The summed E-state index contributed by atoms with van der Waals surface area (Å²) in [4.78, 5) is 15.0. The summed E-state index contributed by atoms with van der Waals surface area (Å²) in [5.74, 6) is 0.682. The summed E-state index contributed by atoms with van der Waals surface area (Å²) in [6.45, 7) is 5.62. The molecule has 0 bridgehead atoms. The maximum absolute atomic E-state index is 14.6. The van der Waals surface area contributed by atoms with Crippen LogP contribution >= 0.6 is 0 Å². The van der Waals surface area contributed by atoms with Crippen molar-refractivity contribution < 1.29 is 23.2 Å². The van der Waals surface area contributed by atoms with Gasteiger partial charge in [-0.3, -0.25) is 4.79 Å². The largest absolute Gasteiger partial charge is 0.493 e. The van der Waals surface area contributed by atoms with Gasteiger partial charge in [0.05, 0.1) is 24.1 Å². The smallest absolute Gasteiger partial charge is 0.255 e. The summed E-state index contributed by atoms with van der Waals surface area (Å²) < 4.78 is 31.0. The molecular weight excluding hydrogens is 413 g/mol. The van der Waals surface area contributed by atoms with Crippen molar-refractivity contribution in [3.05, 3.63) is 64.8 Å². The minimum atomic E-state index is -0.464. The van der Waals surface area contributed by atoms with Gasteiger partial charge in [0.25, 0.3) is 5.91 Å². The van der Waals surface area contributed by atoms with Crippen molar-refractivity contribution in [2.24, 2.45) is 0 Å². The van der Waals surface area contributed by atoms with Gasteiger partial charge in [-0.15, -0.1) is 0 Å². The zero-order valence-electron chi connectivity index (χ0n) is 18.4. The first-order valence-electron chi connectivity index (χ1n) is 10.6. The van der Waals surface area contributed by atoms with E-state index >= 15 is 0 Å². The van der Waals surface area contributed by atoms with E-state index in [-0.39, 0.29) is 12.3 Å². The van der Waals surface area contributed by atoms with Crippen LogP contribution in [0.15, 0.2) is 40.9 Å². The number of carbonyl (C=O) groups excluding carboxylic acids is 1. The Kier molecular flexibility index (Phi) is 6.30. The second-order valence-electron chi connectivity index (χ2n) is 7.74. The van der Waals surface area contributed by atoms with E-state index in [1.807, 2.05) is 19.9 Å². The molecule has 0 aliphatic carbocycles. The first-order valence-corrected chi connectivity index (χ1v) is 10.6. The maximum atomic E-state index is 14.6. The van der Waals surface area contributed by atoms with Crippen LogP contribution in [0.1, 0.15) is 40.2 Å². The molecule has 1 aliphatic rings. The highest BCUT2D eigenvalue weighted by atomic mass is 19.1. The molecule has 1 aliphatic heterocycles. The van der Waals surface area contributed by atoms with Gasteiger partial charge in [-0.25, -0.2) is 4.39 Å². The molecule has 1 fully saturated rings. The Hall–Kier alpha value is -3.55. The van der Waals surface area contributed by atoms with Gasteiger partial charge in [0.15, 0.2) is 11.5 Å². The molecule has 3 aromatic rings. The molecule has 1 aromatic heterocycles. The number of anilines is 2. The van der Waals surface area contributed by atoms with Crippen LogP contribution in [0.2, 0.25) is 0 Å². The predicted molar refractivity (Wildman–Crippen MR) is 119 cm³/mol. The van der Waals surface area contributed by atoms with Crippen LogP contribution in [-0.2, 0) is 6.61 Å². The molecule has 1 N–H and O–H groups in total. The van der Waals surface area contributed by atoms with Crippen molar-refractivity contribution >= 4 is 17.3 Å². The normalized spacial score (nSPS) is 13.3. The van der Waals surface area contributed by atoms with Gasteiger partial charge >= 0.3 is 0 Å². The summed E-state index contributed by atoms with van der Waals surface area (Å²) in [7, 11) is 1.50. The van der Waals surface area contributed by atoms with Crippen LogP contribution in [0.5, 0.6) is 11.5 Å². The van der Waals surface area contributed by atoms with E-state index < -0.39 is 11.7 Å². The fourth-order valence-corrected chi connectivity index (χ4v) is 3.83. The number of nitrogens with one attached hydrogen (secondary N) is 1. The van der Waals surface area contributed by atoms with Crippen molar-refractivity contribution in [3.63, 3.8) is 0 Å². The number of hydrogen-bond donors (Lipinski definition) is 1. The van der Waals surface area contributed by atoms with Crippen LogP contribution in [0.3, 0.4) is 0 Å². The van der Waals surface area contributed by atoms with E-state index in [1.165, 1.54) is 13.2 Å². The molecule has 4 rings (SSSR count). The average Bonchev–Trinajstić information content (AvgIpc) is 3.44. The lowest BCUT2D eigenvalue weighted by atomic mass is 10.1. The zero-order valence-corrected chi connectivity index (χ0v) is 18.4. The number of amides is 1. The van der Waals surface area contributed by atoms with Gasteiger partial charge in [-0.1, -0.05) is 11.2 Å². The van der Waals surface area contributed by atoms with Crippen molar-refractivity contribution in [3.8, 4) is 11.5 Å². The number of halogens is 1. The number of aromatic nitrogens is 1. The lowest BCUT2D eigenvalue weighted by Crippen LogP contribution is -2.22. The third-order valence-corrected chi connectivity index (χ3v) is 5.66. The minimum absolute atomic E-state index is 0.192. The topological polar surface area (TPSA) is 76.8 Å². The van der Waals surface area contributed by atoms with Crippen LogP contribution in [0.4, 0.5) is 15.8 Å². The van der Waals surface area contributed by atoms with Crippen LogP contribution in [-0.4, -0.2) is 31.3 Å². The van der Waals surface area contributed by atoms with Crippen LogP contribution < -0.4 is 19.7 Å². The van der Waals surface area contributed by atoms with Crippen molar-refractivity contribution in [1.29, 1.82) is 0 Å². The van der Waals surface area contributed by atoms with E-state index in [1.54, 1.807) is 24.3 Å². The molecule has 2 heterocycles. The van der Waals surface area contributed by atoms with Crippen molar-refractivity contribution in [1.82, 2.24) is 5.16 Å². The quantitative estimate of drug-likeness (QED) is 0.566. The minimum Gasteiger partial charge on any atom is -0.493 e. The number of methoxy groups -OCH3 is 1. The van der Waals surface area contributed by atoms with Crippen molar-refractivity contribution in [2.75, 3.05) is 30.4 Å². The molecule has 0 saturated carbocycles. The molecule has 1 saturated heterocycles. The van der Waals surface area contributed by atoms with Gasteiger partial charge < -0.3 is 24.2 Å². The van der Waals surface area contributed by atoms with E-state index in [0.29, 0.717) is 28.5 Å². The van der Waals surface area contributed by atoms with E-state index in [9.17, 15) is 9.18 Å². The predicted octanol–water partition coefficient (Wildman–Crippen LogP) is 4.87. The Bertz CT molecular complexity index is 1100. The standard InChI is InChI=1S/C24H26FN3O4/c1-15-18(16(2)32-27-15)14-31-21-10-9-17(13-22(21)30-3)24(29)26-23-19(25)7-6-8-20(23)28-11-4-5-12-28/h6-10,13H,4-5,11-12,14H2,1-3H3,(H,26,29). The molecular formula is C24H26FN3O4. The number of aryl methyl sites for hydroxylation is 2. The fraction of sp³-hybridized carbons (Fsp3) is 0.333. The summed E-state index contributed by atoms with van der Waals surface area (Å²) in [5, 5.41) is 6.66. The van der Waals surface area contributed by atoms with Gasteiger partial charge in [0.1, 0.15) is 23.9 Å². The number of carbonyl (C=O) groups is 1. The van der Waals surface area contributed by atoms with Crippen LogP contribution in [0, 0.1) is 19.7 Å². The molecule has 1 amide bonds. The molecule has 0 radical (unpaired) electrons. The number of ether oxygens (including phenoxy) is 2. The zero-order chi connectivity index (χ0) is 22.7. The third-order valence-electron chi connectivity index (χ3n) is 5.66. The monoisotopic (exact) mass is 439 g/mol. The average molecular weight is 439 g/mol. The SMILES string of the molecule is COc1cc(C(=O)Nc2c(F)cccc2N2CCCC2)ccc1OCc1c(C)noc1C. The van der Waals surface area contributed by atoms with Crippen molar-refractivity contribution in [2.45, 2.75) is 33.3 Å². The molecule has 2 aromatic carbocycles. The Morgan fingerprint density at radius 3 is 2.66 bits per heavy atom. The Morgan fingerprint density at radius 2 is 1.97 bits per heavy atom. The summed E-state index contributed by atoms with van der Waals surface area (Å²) in [6.07, 6.45) is 2.10. The van der Waals surface area contributed by atoms with Gasteiger partial charge in [-0.2, -0.15) is 0 Å². The molecule has 7 nitrogen and oxygen atoms in total. The Labute approximate surface area is 186 Å². The summed E-state index contributed by atoms with van der Waals surface area (Å²) in [5.41, 5.74) is 2.85. The highest BCUT2D eigenvalue weighted by molar-refractivity contribution is 6.06. The number of rotatable bonds is 7. The second-order valence-corrected chi connectivity index (χ2v) is 7.74. The Morgan fingerprint density at radius 1 is 1.19 bits per heavy atom. The highest BCUT2D eigenvalue weighted by Crippen LogP contribution is 2.33. The number of nitrogens with zero attached hydrogens (tertiary/aromatic N) is 2. The molecule has 168 valence electrons. The van der Waals surface area contributed by atoms with Gasteiger partial charge in [-0.05, 0) is 57.0 Å². The van der Waals surface area contributed by atoms with E-state index in [4.69, 9.17) is 14.0 Å². The highest BCUT2D eigenvalue weighted by Gasteiger charge is 2.21. The number of para-hydroxylation sites is 1. The number of benzene rings is 2. The van der Waals surface area contributed by atoms with E-state index in [0.717, 1.165) is 37.2 Å². The summed E-state index contributed by atoms with van der Waals surface area (Å²) >= 11 is 0. The lowest BCUT2D eigenvalue weighted by Gasteiger charge is -2.22. The molecule has 8 heteroatoms. The maximum Gasteiger partial charge on any atom is 0.255 e. The van der Waals surface area contributed by atoms with Crippen LogP contribution in [0.25, 0.3) is 0 Å². The first-order chi connectivity index (χ1) is 15.5. The third kappa shape index (κ3) is 4.39. The molecule has 0 spiro atoms. The molecule has 0 atom stereocenters. The van der Waals surface area contributed by atoms with Gasteiger partial charge in [0, 0.05) is 18.7 Å². The summed E-state index contributed by atoms with van der Waals surface area (Å²) in [6, 6.07) is 9.70.